The van der Waals surface area contributed by atoms with Crippen LogP contribution in [0.4, 0.5) is 4.39 Å². The fourth-order valence-corrected chi connectivity index (χ4v) is 1.54. The summed E-state index contributed by atoms with van der Waals surface area (Å²) >= 11 is 0. The number of benzene rings is 1. The maximum atomic E-state index is 13.0. The van der Waals surface area contributed by atoms with E-state index in [4.69, 9.17) is 4.74 Å². The molecule has 0 atom stereocenters. The average Bonchev–Trinajstić information content (AvgIpc) is 2.26. The van der Waals surface area contributed by atoms with Gasteiger partial charge in [0.2, 0.25) is 0 Å². The summed E-state index contributed by atoms with van der Waals surface area (Å²) in [4.78, 5) is 0. The lowest BCUT2D eigenvalue weighted by Crippen LogP contribution is -2.25. The lowest BCUT2D eigenvalue weighted by molar-refractivity contribution is 0.303. The monoisotopic (exact) mass is 253 g/mol. The van der Waals surface area contributed by atoms with Crippen molar-refractivity contribution in [2.24, 2.45) is 5.41 Å². The Labute approximate surface area is 110 Å². The predicted octanol–water partition coefficient (Wildman–Crippen LogP) is 3.54. The second-order valence-electron chi connectivity index (χ2n) is 5.82. The predicted molar refractivity (Wildman–Crippen MR) is 73.6 cm³/mol. The Kier molecular flexibility index (Phi) is 5.60. The molecule has 102 valence electrons. The fraction of sp³-hybridized carbons (Fsp3) is 0.600. The minimum Gasteiger partial charge on any atom is -0.492 e. The van der Waals surface area contributed by atoms with E-state index in [2.05, 4.69) is 26.1 Å². The van der Waals surface area contributed by atoms with Crippen LogP contribution in [-0.2, 0) is 0 Å². The molecule has 1 aromatic rings. The third-order valence-electron chi connectivity index (χ3n) is 2.73. The van der Waals surface area contributed by atoms with E-state index in [0.717, 1.165) is 25.3 Å². The zero-order chi connectivity index (χ0) is 13.6. The molecule has 0 spiro atoms. The Hall–Kier alpha value is -1.09. The molecule has 0 saturated heterocycles. The summed E-state index contributed by atoms with van der Waals surface area (Å²) < 4.78 is 18.6. The van der Waals surface area contributed by atoms with Gasteiger partial charge in [-0.05, 0) is 49.1 Å². The number of hydrogen-bond acceptors (Lipinski definition) is 2. The average molecular weight is 253 g/mol. The summed E-state index contributed by atoms with van der Waals surface area (Å²) in [6.07, 6.45) is 1.14. The van der Waals surface area contributed by atoms with Crippen LogP contribution >= 0.6 is 0 Å². The first-order valence-corrected chi connectivity index (χ1v) is 6.48. The van der Waals surface area contributed by atoms with Gasteiger partial charge in [-0.15, -0.1) is 0 Å². The van der Waals surface area contributed by atoms with Crippen LogP contribution in [0.1, 0.15) is 32.8 Å². The van der Waals surface area contributed by atoms with E-state index in [9.17, 15) is 4.39 Å². The highest BCUT2D eigenvalue weighted by Crippen LogP contribution is 2.17. The molecule has 0 aliphatic carbocycles. The van der Waals surface area contributed by atoms with Crippen molar-refractivity contribution in [3.05, 3.63) is 29.6 Å². The number of halogens is 1. The van der Waals surface area contributed by atoms with Gasteiger partial charge >= 0.3 is 0 Å². The minimum atomic E-state index is -0.189. The second kappa shape index (κ2) is 6.74. The minimum absolute atomic E-state index is 0.189. The SMILES string of the molecule is Cc1cc(OCCNCCC(C)(C)C)ccc1F. The van der Waals surface area contributed by atoms with Gasteiger partial charge in [-0.2, -0.15) is 0 Å². The lowest BCUT2D eigenvalue weighted by Gasteiger charge is -2.18. The van der Waals surface area contributed by atoms with E-state index >= 15 is 0 Å². The van der Waals surface area contributed by atoms with Gasteiger partial charge in [0.25, 0.3) is 0 Å². The Morgan fingerprint density at radius 2 is 1.94 bits per heavy atom. The largest absolute Gasteiger partial charge is 0.492 e. The molecule has 0 aromatic heterocycles. The highest BCUT2D eigenvalue weighted by molar-refractivity contribution is 5.28. The third kappa shape index (κ3) is 6.01. The first kappa shape index (κ1) is 15.0. The zero-order valence-corrected chi connectivity index (χ0v) is 11.8. The first-order chi connectivity index (χ1) is 8.38. The third-order valence-corrected chi connectivity index (χ3v) is 2.73. The van der Waals surface area contributed by atoms with Crippen LogP contribution < -0.4 is 10.1 Å². The molecular weight excluding hydrogens is 229 g/mol. The number of rotatable bonds is 6. The van der Waals surface area contributed by atoms with Gasteiger partial charge in [0.15, 0.2) is 0 Å². The molecule has 0 heterocycles. The molecule has 0 bridgehead atoms. The molecule has 0 amide bonds. The Morgan fingerprint density at radius 3 is 2.56 bits per heavy atom. The van der Waals surface area contributed by atoms with Crippen molar-refractivity contribution >= 4 is 0 Å². The maximum absolute atomic E-state index is 13.0. The van der Waals surface area contributed by atoms with Crippen LogP contribution in [0.2, 0.25) is 0 Å². The van der Waals surface area contributed by atoms with Gasteiger partial charge < -0.3 is 10.1 Å². The molecule has 0 unspecified atom stereocenters. The first-order valence-electron chi connectivity index (χ1n) is 6.48. The van der Waals surface area contributed by atoms with Crippen molar-refractivity contribution in [2.75, 3.05) is 19.7 Å². The highest BCUT2D eigenvalue weighted by Gasteiger charge is 2.08. The normalized spacial score (nSPS) is 11.6. The van der Waals surface area contributed by atoms with Crippen molar-refractivity contribution in [3.8, 4) is 5.75 Å². The quantitative estimate of drug-likeness (QED) is 0.783. The van der Waals surface area contributed by atoms with Gasteiger partial charge in [0, 0.05) is 6.54 Å². The van der Waals surface area contributed by atoms with Crippen LogP contribution in [0, 0.1) is 18.2 Å². The second-order valence-corrected chi connectivity index (χ2v) is 5.82. The van der Waals surface area contributed by atoms with Crippen molar-refractivity contribution < 1.29 is 9.13 Å². The van der Waals surface area contributed by atoms with Crippen molar-refractivity contribution in [1.82, 2.24) is 5.32 Å². The molecule has 1 rings (SSSR count). The Balaban J connectivity index is 2.16. The molecule has 0 saturated carbocycles. The van der Waals surface area contributed by atoms with Crippen molar-refractivity contribution in [3.63, 3.8) is 0 Å². The summed E-state index contributed by atoms with van der Waals surface area (Å²) in [5.74, 6) is 0.539. The van der Waals surface area contributed by atoms with E-state index in [1.807, 2.05) is 0 Å². The van der Waals surface area contributed by atoms with Crippen LogP contribution in [-0.4, -0.2) is 19.7 Å². The molecule has 0 radical (unpaired) electrons. The molecule has 0 aliphatic heterocycles. The summed E-state index contributed by atoms with van der Waals surface area (Å²) in [5.41, 5.74) is 0.982. The summed E-state index contributed by atoms with van der Waals surface area (Å²) in [5, 5.41) is 3.34. The molecule has 0 aliphatic rings. The van der Waals surface area contributed by atoms with Gasteiger partial charge in [-0.25, -0.2) is 4.39 Å². The smallest absolute Gasteiger partial charge is 0.126 e. The Morgan fingerprint density at radius 1 is 1.22 bits per heavy atom. The van der Waals surface area contributed by atoms with Crippen molar-refractivity contribution in [2.45, 2.75) is 34.1 Å². The van der Waals surface area contributed by atoms with E-state index in [1.54, 1.807) is 19.1 Å². The summed E-state index contributed by atoms with van der Waals surface area (Å²) in [7, 11) is 0. The zero-order valence-electron chi connectivity index (χ0n) is 11.8. The summed E-state index contributed by atoms with van der Waals surface area (Å²) in [6.45, 7) is 10.8. The lowest BCUT2D eigenvalue weighted by atomic mass is 9.92. The number of nitrogens with one attached hydrogen (secondary N) is 1. The molecule has 3 heteroatoms. The van der Waals surface area contributed by atoms with Crippen LogP contribution in [0.3, 0.4) is 0 Å². The van der Waals surface area contributed by atoms with Gasteiger partial charge in [0.1, 0.15) is 18.2 Å². The topological polar surface area (TPSA) is 21.3 Å². The van der Waals surface area contributed by atoms with E-state index in [0.29, 0.717) is 17.6 Å². The standard InChI is InChI=1S/C15H24FNO/c1-12-11-13(5-6-14(12)16)18-10-9-17-8-7-15(2,3)4/h5-6,11,17H,7-10H2,1-4H3. The maximum Gasteiger partial charge on any atom is 0.126 e. The molecule has 1 aromatic carbocycles. The van der Waals surface area contributed by atoms with Gasteiger partial charge in [0.05, 0.1) is 0 Å². The van der Waals surface area contributed by atoms with Gasteiger partial charge in [-0.1, -0.05) is 20.8 Å². The van der Waals surface area contributed by atoms with Crippen LogP contribution in [0.5, 0.6) is 5.75 Å². The Bertz CT molecular complexity index is 371. The number of hydrogen-bond donors (Lipinski definition) is 1. The van der Waals surface area contributed by atoms with E-state index in [1.165, 1.54) is 6.07 Å². The summed E-state index contributed by atoms with van der Waals surface area (Å²) in [6, 6.07) is 4.83. The highest BCUT2D eigenvalue weighted by atomic mass is 19.1. The fourth-order valence-electron chi connectivity index (χ4n) is 1.54. The number of aryl methyl sites for hydroxylation is 1. The molecule has 0 fully saturated rings. The van der Waals surface area contributed by atoms with Crippen LogP contribution in [0.15, 0.2) is 18.2 Å². The number of ether oxygens (including phenoxy) is 1. The van der Waals surface area contributed by atoms with Gasteiger partial charge in [-0.3, -0.25) is 0 Å². The van der Waals surface area contributed by atoms with E-state index in [-0.39, 0.29) is 5.82 Å². The van der Waals surface area contributed by atoms with Crippen molar-refractivity contribution in [1.29, 1.82) is 0 Å². The molecule has 1 N–H and O–H groups in total. The van der Waals surface area contributed by atoms with Crippen LogP contribution in [0.25, 0.3) is 0 Å². The molecular formula is C15H24FNO. The molecule has 18 heavy (non-hydrogen) atoms. The molecule has 2 nitrogen and oxygen atoms in total. The van der Waals surface area contributed by atoms with E-state index < -0.39 is 0 Å².